The van der Waals surface area contributed by atoms with Crippen molar-refractivity contribution in [1.29, 1.82) is 0 Å². The van der Waals surface area contributed by atoms with Crippen LogP contribution in [-0.4, -0.2) is 31.6 Å². The van der Waals surface area contributed by atoms with Crippen LogP contribution < -0.4 is 10.8 Å². The lowest BCUT2D eigenvalue weighted by molar-refractivity contribution is -0.141. The minimum absolute atomic E-state index is 0. The van der Waals surface area contributed by atoms with Crippen molar-refractivity contribution in [1.82, 2.24) is 19.9 Å². The second kappa shape index (κ2) is 7.40. The highest BCUT2D eigenvalue weighted by molar-refractivity contribution is 5.53. The van der Waals surface area contributed by atoms with E-state index in [1.807, 2.05) is 34.6 Å². The highest BCUT2D eigenvalue weighted by Crippen LogP contribution is 2.29. The van der Waals surface area contributed by atoms with E-state index in [0.717, 1.165) is 6.07 Å². The Morgan fingerprint density at radius 1 is 1.00 bits per heavy atom. The molecule has 2 N–H and O–H groups in total. The molecule has 0 saturated carbocycles. The smallest absolute Gasteiger partial charge is 0.352 e. The number of nitrogens with one attached hydrogen (secondary N) is 2. The first-order valence-corrected chi connectivity index (χ1v) is 7.95. The van der Waals surface area contributed by atoms with Gasteiger partial charge in [-0.15, -0.1) is 0 Å². The predicted molar refractivity (Wildman–Crippen MR) is 95.5 cm³/mol. The average molecular weight is 374 g/mol. The van der Waals surface area contributed by atoms with Crippen LogP contribution in [0.5, 0.6) is 0 Å². The zero-order valence-electron chi connectivity index (χ0n) is 15.1. The van der Waals surface area contributed by atoms with Gasteiger partial charge in [0.25, 0.3) is 5.95 Å². The Hall–Kier alpha value is -2.49. The topological polar surface area (TPSA) is 84.9 Å². The maximum absolute atomic E-state index is 12.9. The number of pyridine rings is 1. The molecule has 2 rings (SSSR count). The molecule has 2 aromatic heterocycles. The molecule has 26 heavy (non-hydrogen) atoms. The predicted octanol–water partition coefficient (Wildman–Crippen LogP) is 4.41. The monoisotopic (exact) mass is 374 g/mol. The van der Waals surface area contributed by atoms with Gasteiger partial charge in [-0.05, 0) is 46.8 Å². The fourth-order valence-electron chi connectivity index (χ4n) is 1.77. The van der Waals surface area contributed by atoms with Crippen molar-refractivity contribution >= 4 is 11.9 Å². The summed E-state index contributed by atoms with van der Waals surface area (Å²) in [5, 5.41) is 2.99. The second-order valence-corrected chi connectivity index (χ2v) is 6.83. The van der Waals surface area contributed by atoms with Crippen LogP contribution in [0.25, 0.3) is 11.5 Å². The minimum Gasteiger partial charge on any atom is -0.352 e. The number of alkyl halides is 3. The molecule has 0 unspecified atom stereocenters. The molecule has 0 spiro atoms. The first kappa shape index (κ1) is 19.8. The van der Waals surface area contributed by atoms with Gasteiger partial charge in [0.2, 0.25) is 5.95 Å². The Balaban J connectivity index is 0.00000364. The Kier molecular flexibility index (Phi) is 5.65. The van der Waals surface area contributed by atoms with Gasteiger partial charge in [0, 0.05) is 8.90 Å². The van der Waals surface area contributed by atoms with Gasteiger partial charge in [0.1, 0.15) is 11.4 Å². The van der Waals surface area contributed by atoms with Crippen molar-refractivity contribution in [3.8, 4) is 11.5 Å². The molecule has 10 heteroatoms. The van der Waals surface area contributed by atoms with Crippen LogP contribution in [0, 0.1) is 0 Å². The molecule has 0 amide bonds. The van der Waals surface area contributed by atoms with E-state index in [-0.39, 0.29) is 32.3 Å². The van der Waals surface area contributed by atoms with Gasteiger partial charge in [-0.25, -0.2) is 10.5 Å². The zero-order chi connectivity index (χ0) is 19.5. The van der Waals surface area contributed by atoms with E-state index in [4.69, 9.17) is 4.84 Å². The van der Waals surface area contributed by atoms with Crippen molar-refractivity contribution < 1.29 is 20.9 Å². The highest BCUT2D eigenvalue weighted by atomic mass is 19.4. The van der Waals surface area contributed by atoms with Gasteiger partial charge in [-0.2, -0.15) is 28.1 Å². The summed E-state index contributed by atoms with van der Waals surface area (Å²) in [4.78, 5) is 21.4. The quantitative estimate of drug-likeness (QED) is 0.750. The standard InChI is InChI=1S/C16H21F3N6O.2H2/c1-9(2)20-13-22-12(23-14(24-13)25-26-15(3,4)5)10-7-6-8-11(21-10)16(17,18)19;;/h6-9H,1-5H3,(H2,20,22,23,24,25);2*1H. The molecular formula is C16H25F3N6O. The molecule has 2 aromatic rings. The lowest BCUT2D eigenvalue weighted by Gasteiger charge is -2.19. The van der Waals surface area contributed by atoms with E-state index >= 15 is 0 Å². The fourth-order valence-corrected chi connectivity index (χ4v) is 1.77. The Morgan fingerprint density at radius 3 is 2.23 bits per heavy atom. The van der Waals surface area contributed by atoms with E-state index in [1.165, 1.54) is 12.1 Å². The molecule has 2 heterocycles. The van der Waals surface area contributed by atoms with Crippen LogP contribution >= 0.6 is 0 Å². The molecule has 0 bridgehead atoms. The van der Waals surface area contributed by atoms with E-state index in [2.05, 4.69) is 30.7 Å². The van der Waals surface area contributed by atoms with Crippen molar-refractivity contribution in [2.24, 2.45) is 0 Å². The number of aromatic nitrogens is 4. The first-order valence-electron chi connectivity index (χ1n) is 7.95. The van der Waals surface area contributed by atoms with Crippen molar-refractivity contribution in [2.45, 2.75) is 52.4 Å². The van der Waals surface area contributed by atoms with Gasteiger partial charge >= 0.3 is 6.18 Å². The summed E-state index contributed by atoms with van der Waals surface area (Å²) >= 11 is 0. The molecule has 7 nitrogen and oxygen atoms in total. The van der Waals surface area contributed by atoms with Gasteiger partial charge in [-0.3, -0.25) is 4.84 Å². The lowest BCUT2D eigenvalue weighted by atomic mass is 10.2. The summed E-state index contributed by atoms with van der Waals surface area (Å²) in [6, 6.07) is 3.55. The molecule has 0 aliphatic carbocycles. The summed E-state index contributed by atoms with van der Waals surface area (Å²) in [7, 11) is 0. The molecule has 0 atom stereocenters. The van der Waals surface area contributed by atoms with Crippen molar-refractivity contribution in [3.05, 3.63) is 23.9 Å². The van der Waals surface area contributed by atoms with Gasteiger partial charge in [0.15, 0.2) is 5.82 Å². The Morgan fingerprint density at radius 2 is 1.65 bits per heavy atom. The number of hydrogen-bond acceptors (Lipinski definition) is 7. The van der Waals surface area contributed by atoms with Crippen LogP contribution in [0.4, 0.5) is 25.1 Å². The maximum Gasteiger partial charge on any atom is 0.433 e. The van der Waals surface area contributed by atoms with E-state index in [1.54, 1.807) is 0 Å². The molecule has 0 aliphatic heterocycles. The van der Waals surface area contributed by atoms with Gasteiger partial charge in [-0.1, -0.05) is 6.07 Å². The number of halogens is 3. The van der Waals surface area contributed by atoms with Crippen molar-refractivity contribution in [2.75, 3.05) is 10.8 Å². The van der Waals surface area contributed by atoms with E-state index < -0.39 is 17.5 Å². The van der Waals surface area contributed by atoms with Crippen LogP contribution in [0.2, 0.25) is 0 Å². The van der Waals surface area contributed by atoms with Crippen LogP contribution in [0.15, 0.2) is 18.2 Å². The molecule has 0 saturated heterocycles. The first-order chi connectivity index (χ1) is 11.9. The van der Waals surface area contributed by atoms with Crippen LogP contribution in [0.1, 0.15) is 43.2 Å². The van der Waals surface area contributed by atoms with Gasteiger partial charge < -0.3 is 5.32 Å². The van der Waals surface area contributed by atoms with Crippen LogP contribution in [-0.2, 0) is 11.0 Å². The van der Waals surface area contributed by atoms with Crippen molar-refractivity contribution in [3.63, 3.8) is 0 Å². The summed E-state index contributed by atoms with van der Waals surface area (Å²) in [5.74, 6) is 0.255. The summed E-state index contributed by atoms with van der Waals surface area (Å²) in [6.07, 6.45) is -4.56. The average Bonchev–Trinajstić information content (AvgIpc) is 2.51. The highest BCUT2D eigenvalue weighted by Gasteiger charge is 2.32. The second-order valence-electron chi connectivity index (χ2n) is 6.83. The van der Waals surface area contributed by atoms with E-state index in [0.29, 0.717) is 0 Å². The van der Waals surface area contributed by atoms with Gasteiger partial charge in [0.05, 0.1) is 5.60 Å². The third-order valence-corrected chi connectivity index (χ3v) is 2.77. The molecule has 146 valence electrons. The summed E-state index contributed by atoms with van der Waals surface area (Å²) in [5.41, 5.74) is 1.04. The fraction of sp³-hybridized carbons (Fsp3) is 0.500. The normalized spacial score (nSPS) is 12.3. The number of nitrogens with zero attached hydrogens (tertiary/aromatic N) is 4. The number of hydrogen-bond donors (Lipinski definition) is 2. The number of anilines is 2. The Labute approximate surface area is 152 Å². The molecule has 0 fully saturated rings. The summed E-state index contributed by atoms with van der Waals surface area (Å²) in [6.45, 7) is 9.23. The summed E-state index contributed by atoms with van der Waals surface area (Å²) < 4.78 is 38.7. The lowest BCUT2D eigenvalue weighted by Crippen LogP contribution is -2.24. The molecule has 0 radical (unpaired) electrons. The molecule has 0 aromatic carbocycles. The number of rotatable bonds is 5. The Bertz CT molecular complexity index is 769. The van der Waals surface area contributed by atoms with Crippen LogP contribution in [0.3, 0.4) is 0 Å². The third-order valence-electron chi connectivity index (χ3n) is 2.77. The van der Waals surface area contributed by atoms with E-state index in [9.17, 15) is 13.2 Å². The maximum atomic E-state index is 12.9. The third kappa shape index (κ3) is 5.80. The SMILES string of the molecule is CC(C)Nc1nc(NOC(C)(C)C)nc(-c2cccc(C(F)(F)F)n2)n1.[HH].[HH]. The zero-order valence-corrected chi connectivity index (χ0v) is 15.1. The molecular weight excluding hydrogens is 349 g/mol. The minimum atomic E-state index is -4.56. The molecule has 0 aliphatic rings. The largest absolute Gasteiger partial charge is 0.433 e.